The molecule has 0 fully saturated rings. The molecule has 1 aliphatic rings. The van der Waals surface area contributed by atoms with Crippen molar-refractivity contribution in [2.45, 2.75) is 25.3 Å². The van der Waals surface area contributed by atoms with Crippen LogP contribution in [0.25, 0.3) is 0 Å². The standard InChI is InChI=1S/C7H16N2O6P2/c1-5-3-2-4-8-6(5)9-7(16(10,11)12)17(13,14)15/h5,7H,2-4H2,1H3,(H,8,9)(H2,10,11,12)(H2,13,14,15). The number of hydrogen-bond donors (Lipinski definition) is 5. The topological polar surface area (TPSA) is 139 Å². The molecule has 1 heterocycles. The van der Waals surface area contributed by atoms with Gasteiger partial charge in [0.2, 0.25) is 5.52 Å². The quantitative estimate of drug-likeness (QED) is 0.461. The van der Waals surface area contributed by atoms with Gasteiger partial charge in [-0.15, -0.1) is 0 Å². The lowest BCUT2D eigenvalue weighted by molar-refractivity contribution is 0.334. The van der Waals surface area contributed by atoms with Crippen molar-refractivity contribution in [3.8, 4) is 0 Å². The summed E-state index contributed by atoms with van der Waals surface area (Å²) in [5, 5.41) is 2.21. The molecule has 0 saturated heterocycles. The van der Waals surface area contributed by atoms with Crippen molar-refractivity contribution < 1.29 is 28.7 Å². The van der Waals surface area contributed by atoms with Gasteiger partial charge in [-0.25, -0.2) is 0 Å². The van der Waals surface area contributed by atoms with Gasteiger partial charge >= 0.3 is 15.2 Å². The molecule has 0 amide bonds. The first-order valence-corrected chi connectivity index (χ1v) is 8.40. The number of rotatable bonds is 3. The minimum Gasteiger partial charge on any atom is -0.350 e. The van der Waals surface area contributed by atoms with Crippen molar-refractivity contribution in [2.75, 3.05) is 6.54 Å². The zero-order valence-corrected chi connectivity index (χ0v) is 11.0. The molecule has 1 rings (SSSR count). The van der Waals surface area contributed by atoms with Crippen LogP contribution in [0.4, 0.5) is 0 Å². The predicted octanol–water partition coefficient (Wildman–Crippen LogP) is 0.0434. The first-order chi connectivity index (χ1) is 7.62. The summed E-state index contributed by atoms with van der Waals surface area (Å²) >= 11 is 0. The van der Waals surface area contributed by atoms with Crippen molar-refractivity contribution >= 4 is 21.0 Å². The molecule has 0 bridgehead atoms. The Labute approximate surface area is 98.5 Å². The van der Waals surface area contributed by atoms with Crippen molar-refractivity contribution in [1.82, 2.24) is 5.32 Å². The van der Waals surface area contributed by atoms with E-state index in [0.717, 1.165) is 12.8 Å². The van der Waals surface area contributed by atoms with E-state index in [0.29, 0.717) is 6.54 Å². The molecule has 100 valence electrons. The number of nitrogens with zero attached hydrogens (tertiary/aromatic N) is 1. The molecule has 0 aromatic carbocycles. The molecule has 5 N–H and O–H groups in total. The van der Waals surface area contributed by atoms with Crippen LogP contribution in [-0.2, 0) is 9.13 Å². The summed E-state index contributed by atoms with van der Waals surface area (Å²) in [5.41, 5.74) is -2.21. The molecule has 0 spiro atoms. The third-order valence-corrected chi connectivity index (χ3v) is 5.80. The molecule has 0 aliphatic carbocycles. The first kappa shape index (κ1) is 14.8. The zero-order valence-electron chi connectivity index (χ0n) is 9.22. The number of nitrogens with one attached hydrogen (secondary N) is 1. The Morgan fingerprint density at radius 3 is 2.24 bits per heavy atom. The van der Waals surface area contributed by atoms with Crippen LogP contribution in [0.1, 0.15) is 19.8 Å². The Morgan fingerprint density at radius 1 is 1.29 bits per heavy atom. The number of aliphatic imine (C=N–C) groups is 1. The highest BCUT2D eigenvalue weighted by atomic mass is 31.2. The van der Waals surface area contributed by atoms with Crippen LogP contribution in [0.5, 0.6) is 0 Å². The van der Waals surface area contributed by atoms with Crippen LogP contribution in [0, 0.1) is 5.92 Å². The molecular formula is C7H16N2O6P2. The second-order valence-electron chi connectivity index (χ2n) is 4.01. The van der Waals surface area contributed by atoms with E-state index in [1.165, 1.54) is 0 Å². The van der Waals surface area contributed by atoms with Gasteiger partial charge in [-0.3, -0.25) is 14.1 Å². The lowest BCUT2D eigenvalue weighted by Crippen LogP contribution is -2.39. The van der Waals surface area contributed by atoms with E-state index in [2.05, 4.69) is 10.3 Å². The molecule has 1 atom stereocenters. The van der Waals surface area contributed by atoms with E-state index in [1.807, 2.05) is 0 Å². The maximum Gasteiger partial charge on any atom is 0.360 e. The zero-order chi connectivity index (χ0) is 13.3. The van der Waals surface area contributed by atoms with E-state index in [1.54, 1.807) is 6.92 Å². The molecule has 8 nitrogen and oxygen atoms in total. The maximum absolute atomic E-state index is 11.0. The Morgan fingerprint density at radius 2 is 1.82 bits per heavy atom. The molecule has 0 aromatic rings. The minimum absolute atomic E-state index is 0.0932. The van der Waals surface area contributed by atoms with Crippen LogP contribution in [0.2, 0.25) is 0 Å². The van der Waals surface area contributed by atoms with E-state index >= 15 is 0 Å². The molecule has 0 saturated carbocycles. The van der Waals surface area contributed by atoms with Gasteiger partial charge in [0, 0.05) is 12.5 Å². The minimum atomic E-state index is -4.95. The van der Waals surface area contributed by atoms with Crippen LogP contribution < -0.4 is 5.32 Å². The summed E-state index contributed by atoms with van der Waals surface area (Å²) in [5.74, 6) is 0.150. The van der Waals surface area contributed by atoms with E-state index in [9.17, 15) is 9.13 Å². The van der Waals surface area contributed by atoms with Crippen molar-refractivity contribution in [3.63, 3.8) is 0 Å². The van der Waals surface area contributed by atoms with E-state index in [4.69, 9.17) is 19.6 Å². The Bertz CT molecular complexity index is 377. The molecule has 0 aromatic heterocycles. The van der Waals surface area contributed by atoms with Crippen LogP contribution in [0.3, 0.4) is 0 Å². The average Bonchev–Trinajstić information content (AvgIpc) is 2.12. The number of amidine groups is 1. The highest BCUT2D eigenvalue weighted by molar-refractivity contribution is 7.70. The van der Waals surface area contributed by atoms with Gasteiger partial charge in [0.25, 0.3) is 0 Å². The fourth-order valence-corrected chi connectivity index (χ4v) is 3.74. The molecule has 10 heteroatoms. The van der Waals surface area contributed by atoms with Crippen molar-refractivity contribution in [1.29, 1.82) is 0 Å². The Balaban J connectivity index is 2.92. The SMILES string of the molecule is CC1CCCN=C1NC(P(=O)(O)O)P(=O)(O)O. The summed E-state index contributed by atoms with van der Waals surface area (Å²) in [6.07, 6.45) is 1.61. The van der Waals surface area contributed by atoms with Gasteiger partial charge < -0.3 is 24.9 Å². The second-order valence-corrected chi connectivity index (χ2v) is 7.80. The fourth-order valence-electron chi connectivity index (χ4n) is 1.57. The van der Waals surface area contributed by atoms with E-state index < -0.39 is 20.7 Å². The monoisotopic (exact) mass is 286 g/mol. The van der Waals surface area contributed by atoms with Crippen LogP contribution in [0.15, 0.2) is 4.99 Å². The maximum atomic E-state index is 11.0. The van der Waals surface area contributed by atoms with Gasteiger partial charge in [0.15, 0.2) is 0 Å². The van der Waals surface area contributed by atoms with Crippen molar-refractivity contribution in [2.24, 2.45) is 10.9 Å². The summed E-state index contributed by atoms with van der Waals surface area (Å²) < 4.78 is 22.1. The molecule has 1 unspecified atom stereocenters. The van der Waals surface area contributed by atoms with Gasteiger partial charge in [0.1, 0.15) is 5.84 Å². The normalized spacial score (nSPS) is 22.5. The lowest BCUT2D eigenvalue weighted by atomic mass is 10.0. The molecule has 0 radical (unpaired) electrons. The summed E-state index contributed by atoms with van der Waals surface area (Å²) in [6, 6.07) is 0. The van der Waals surface area contributed by atoms with Gasteiger partial charge in [-0.1, -0.05) is 6.92 Å². The fraction of sp³-hybridized carbons (Fsp3) is 0.857. The van der Waals surface area contributed by atoms with Gasteiger partial charge in [-0.05, 0) is 12.8 Å². The van der Waals surface area contributed by atoms with Gasteiger partial charge in [-0.2, -0.15) is 0 Å². The number of hydrogen-bond acceptors (Lipinski definition) is 4. The third kappa shape index (κ3) is 4.17. The Hall–Kier alpha value is -0.230. The highest BCUT2D eigenvalue weighted by Gasteiger charge is 2.44. The second kappa shape index (κ2) is 5.18. The van der Waals surface area contributed by atoms with Crippen LogP contribution in [-0.4, -0.2) is 37.5 Å². The Kier molecular flexibility index (Phi) is 4.52. The largest absolute Gasteiger partial charge is 0.360 e. The third-order valence-electron chi connectivity index (χ3n) is 2.46. The summed E-state index contributed by atoms with van der Waals surface area (Å²) in [7, 11) is -9.89. The molecule has 1 aliphatic heterocycles. The molecular weight excluding hydrogens is 270 g/mol. The predicted molar refractivity (Wildman–Crippen MR) is 61.7 cm³/mol. The first-order valence-electron chi connectivity index (χ1n) is 5.03. The van der Waals surface area contributed by atoms with Crippen LogP contribution >= 0.6 is 15.2 Å². The average molecular weight is 286 g/mol. The van der Waals surface area contributed by atoms with Gasteiger partial charge in [0.05, 0.1) is 0 Å². The summed E-state index contributed by atoms with van der Waals surface area (Å²) in [6.45, 7) is 2.27. The van der Waals surface area contributed by atoms with Crippen molar-refractivity contribution in [3.05, 3.63) is 0 Å². The molecule has 17 heavy (non-hydrogen) atoms. The highest BCUT2D eigenvalue weighted by Crippen LogP contribution is 2.58. The summed E-state index contributed by atoms with van der Waals surface area (Å²) in [4.78, 5) is 39.7. The van der Waals surface area contributed by atoms with E-state index in [-0.39, 0.29) is 11.8 Å². The lowest BCUT2D eigenvalue weighted by Gasteiger charge is -2.27. The smallest absolute Gasteiger partial charge is 0.350 e.